The van der Waals surface area contributed by atoms with Gasteiger partial charge in [0.15, 0.2) is 0 Å². The maximum Gasteiger partial charge on any atom is 0.243 e. The number of rotatable bonds is 7. The number of hydrogen-bond acceptors (Lipinski definition) is 4. The topological polar surface area (TPSA) is 110 Å². The average Bonchev–Trinajstić information content (AvgIpc) is 2.74. The lowest BCUT2D eigenvalue weighted by Crippen LogP contribution is -2.56. The molecule has 0 bridgehead atoms. The fraction of sp³-hybridized carbons (Fsp3) is 0.333. The molecule has 2 atom stereocenters. The molecular formula is C21H25N3O4S. The summed E-state index contributed by atoms with van der Waals surface area (Å²) in [7, 11) is -3.81. The molecule has 1 fully saturated rings. The van der Waals surface area contributed by atoms with Crippen LogP contribution in [0.1, 0.15) is 24.8 Å². The Balaban J connectivity index is 1.79. The number of amides is 2. The van der Waals surface area contributed by atoms with Gasteiger partial charge in [0.1, 0.15) is 12.1 Å². The van der Waals surface area contributed by atoms with E-state index < -0.39 is 33.9 Å². The highest BCUT2D eigenvalue weighted by Gasteiger charge is 2.38. The standard InChI is InChI=1S/C21H25N3O4S/c22-20(25)18(15-16-9-3-1-4-10-16)23-21(26)19-13-7-8-14-24(19)29(27,28)17-11-5-2-6-12-17/h1-6,9-12,18-19H,7-8,13-15H2,(H2,22,25)(H,23,26)/t18-,19-/m0/s1. The molecule has 1 aliphatic rings. The minimum absolute atomic E-state index is 0.149. The van der Waals surface area contributed by atoms with Gasteiger partial charge in [-0.15, -0.1) is 0 Å². The van der Waals surface area contributed by atoms with E-state index in [-0.39, 0.29) is 17.9 Å². The van der Waals surface area contributed by atoms with Gasteiger partial charge in [0.25, 0.3) is 0 Å². The summed E-state index contributed by atoms with van der Waals surface area (Å²) in [6.07, 6.45) is 2.06. The van der Waals surface area contributed by atoms with E-state index in [0.717, 1.165) is 12.0 Å². The van der Waals surface area contributed by atoms with Crippen LogP contribution in [0.15, 0.2) is 65.6 Å². The van der Waals surface area contributed by atoms with Crippen LogP contribution < -0.4 is 11.1 Å². The molecule has 2 aromatic carbocycles. The van der Waals surface area contributed by atoms with Crippen molar-refractivity contribution in [2.45, 2.75) is 42.7 Å². The van der Waals surface area contributed by atoms with E-state index in [0.29, 0.717) is 12.8 Å². The van der Waals surface area contributed by atoms with Gasteiger partial charge in [0, 0.05) is 13.0 Å². The molecule has 29 heavy (non-hydrogen) atoms. The molecule has 8 heteroatoms. The highest BCUT2D eigenvalue weighted by molar-refractivity contribution is 7.89. The normalized spacial score (nSPS) is 18.7. The van der Waals surface area contributed by atoms with Gasteiger partial charge in [-0.2, -0.15) is 4.31 Å². The Bertz CT molecular complexity index is 948. The molecule has 0 aromatic heterocycles. The van der Waals surface area contributed by atoms with Crippen LogP contribution in [-0.2, 0) is 26.0 Å². The molecule has 154 valence electrons. The third kappa shape index (κ3) is 5.02. The van der Waals surface area contributed by atoms with Crippen molar-refractivity contribution in [2.75, 3.05) is 6.54 Å². The second-order valence-corrected chi connectivity index (χ2v) is 8.98. The van der Waals surface area contributed by atoms with Gasteiger partial charge < -0.3 is 11.1 Å². The van der Waals surface area contributed by atoms with Crippen LogP contribution in [0.4, 0.5) is 0 Å². The van der Waals surface area contributed by atoms with Crippen molar-refractivity contribution < 1.29 is 18.0 Å². The first-order chi connectivity index (χ1) is 13.9. The van der Waals surface area contributed by atoms with Gasteiger partial charge in [-0.05, 0) is 30.5 Å². The van der Waals surface area contributed by atoms with Gasteiger partial charge in [0.2, 0.25) is 21.8 Å². The maximum atomic E-state index is 13.1. The zero-order valence-electron chi connectivity index (χ0n) is 16.0. The summed E-state index contributed by atoms with van der Waals surface area (Å²) in [5.74, 6) is -1.15. The van der Waals surface area contributed by atoms with E-state index in [2.05, 4.69) is 5.32 Å². The van der Waals surface area contributed by atoms with Gasteiger partial charge in [-0.1, -0.05) is 55.0 Å². The zero-order valence-corrected chi connectivity index (χ0v) is 16.8. The molecule has 0 spiro atoms. The Morgan fingerprint density at radius 2 is 1.66 bits per heavy atom. The summed E-state index contributed by atoms with van der Waals surface area (Å²) in [6, 6.07) is 15.5. The van der Waals surface area contributed by atoms with Crippen molar-refractivity contribution >= 4 is 21.8 Å². The van der Waals surface area contributed by atoms with Gasteiger partial charge >= 0.3 is 0 Å². The first-order valence-corrected chi connectivity index (χ1v) is 11.0. The smallest absolute Gasteiger partial charge is 0.243 e. The third-order valence-corrected chi connectivity index (χ3v) is 6.97. The first-order valence-electron chi connectivity index (χ1n) is 9.60. The van der Waals surface area contributed by atoms with E-state index in [1.807, 2.05) is 30.3 Å². The monoisotopic (exact) mass is 415 g/mol. The quantitative estimate of drug-likeness (QED) is 0.713. The van der Waals surface area contributed by atoms with E-state index in [4.69, 9.17) is 5.73 Å². The van der Waals surface area contributed by atoms with Gasteiger partial charge in [-0.3, -0.25) is 9.59 Å². The van der Waals surface area contributed by atoms with Crippen LogP contribution in [0.3, 0.4) is 0 Å². The number of nitrogens with zero attached hydrogens (tertiary/aromatic N) is 1. The van der Waals surface area contributed by atoms with Crippen molar-refractivity contribution in [3.05, 3.63) is 66.2 Å². The number of piperidine rings is 1. The molecule has 0 unspecified atom stereocenters. The van der Waals surface area contributed by atoms with Gasteiger partial charge in [0.05, 0.1) is 4.90 Å². The Kier molecular flexibility index (Phi) is 6.66. The maximum absolute atomic E-state index is 13.1. The van der Waals surface area contributed by atoms with Crippen LogP contribution >= 0.6 is 0 Å². The number of primary amides is 1. The van der Waals surface area contributed by atoms with E-state index >= 15 is 0 Å². The molecule has 7 nitrogen and oxygen atoms in total. The van der Waals surface area contributed by atoms with Gasteiger partial charge in [-0.25, -0.2) is 8.42 Å². The lowest BCUT2D eigenvalue weighted by molar-refractivity contribution is -0.130. The lowest BCUT2D eigenvalue weighted by atomic mass is 10.0. The minimum atomic E-state index is -3.81. The number of hydrogen-bond donors (Lipinski definition) is 2. The molecule has 2 amide bonds. The molecule has 3 N–H and O–H groups in total. The highest BCUT2D eigenvalue weighted by atomic mass is 32.2. The molecular weight excluding hydrogens is 390 g/mol. The average molecular weight is 416 g/mol. The summed E-state index contributed by atoms with van der Waals surface area (Å²) in [5, 5.41) is 2.67. The van der Waals surface area contributed by atoms with Crippen LogP contribution in [0, 0.1) is 0 Å². The van der Waals surface area contributed by atoms with E-state index in [1.54, 1.807) is 18.2 Å². The van der Waals surface area contributed by atoms with Crippen molar-refractivity contribution in [1.82, 2.24) is 9.62 Å². The molecule has 1 aliphatic heterocycles. The second-order valence-electron chi connectivity index (χ2n) is 7.09. The molecule has 2 aromatic rings. The van der Waals surface area contributed by atoms with Crippen molar-refractivity contribution in [3.8, 4) is 0 Å². The summed E-state index contributed by atoms with van der Waals surface area (Å²) in [4.78, 5) is 25.0. The molecule has 0 aliphatic carbocycles. The summed E-state index contributed by atoms with van der Waals surface area (Å²) in [6.45, 7) is 0.259. The van der Waals surface area contributed by atoms with Crippen LogP contribution in [0.25, 0.3) is 0 Å². The summed E-state index contributed by atoms with van der Waals surface area (Å²) in [5.41, 5.74) is 6.34. The number of sulfonamides is 1. The third-order valence-electron chi connectivity index (χ3n) is 5.05. The Hall–Kier alpha value is -2.71. The summed E-state index contributed by atoms with van der Waals surface area (Å²) < 4.78 is 27.4. The molecule has 3 rings (SSSR count). The zero-order chi connectivity index (χ0) is 20.9. The van der Waals surface area contributed by atoms with Crippen molar-refractivity contribution in [3.63, 3.8) is 0 Å². The first kappa shape index (κ1) is 21.0. The van der Waals surface area contributed by atoms with Crippen LogP contribution in [-0.4, -0.2) is 43.2 Å². The van der Waals surface area contributed by atoms with E-state index in [1.165, 1.54) is 16.4 Å². The molecule has 1 heterocycles. The van der Waals surface area contributed by atoms with Crippen LogP contribution in [0.2, 0.25) is 0 Å². The SMILES string of the molecule is NC(=O)[C@H](Cc1ccccc1)NC(=O)[C@@H]1CCCCN1S(=O)(=O)c1ccccc1. The number of nitrogens with one attached hydrogen (secondary N) is 1. The largest absolute Gasteiger partial charge is 0.368 e. The minimum Gasteiger partial charge on any atom is -0.368 e. The predicted molar refractivity (Wildman–Crippen MR) is 109 cm³/mol. The Morgan fingerprint density at radius 1 is 1.03 bits per heavy atom. The predicted octanol–water partition coefficient (Wildman–Crippen LogP) is 1.44. The number of nitrogens with two attached hydrogens (primary N) is 1. The van der Waals surface area contributed by atoms with Crippen LogP contribution in [0.5, 0.6) is 0 Å². The second kappa shape index (κ2) is 9.19. The molecule has 1 saturated heterocycles. The fourth-order valence-electron chi connectivity index (χ4n) is 3.52. The Morgan fingerprint density at radius 3 is 2.28 bits per heavy atom. The fourth-order valence-corrected chi connectivity index (χ4v) is 5.20. The number of benzene rings is 2. The summed E-state index contributed by atoms with van der Waals surface area (Å²) >= 11 is 0. The van der Waals surface area contributed by atoms with Crippen molar-refractivity contribution in [2.24, 2.45) is 5.73 Å². The number of carbonyl (C=O) groups excluding carboxylic acids is 2. The Labute approximate surface area is 171 Å². The lowest BCUT2D eigenvalue weighted by Gasteiger charge is -2.34. The number of carbonyl (C=O) groups is 2. The molecule has 0 saturated carbocycles. The molecule has 0 radical (unpaired) electrons. The van der Waals surface area contributed by atoms with Crippen molar-refractivity contribution in [1.29, 1.82) is 0 Å². The van der Waals surface area contributed by atoms with E-state index in [9.17, 15) is 18.0 Å². The highest BCUT2D eigenvalue weighted by Crippen LogP contribution is 2.25.